The third-order valence-electron chi connectivity index (χ3n) is 5.75. The summed E-state index contributed by atoms with van der Waals surface area (Å²) in [5, 5.41) is 1.33. The van der Waals surface area contributed by atoms with Gasteiger partial charge in [-0.25, -0.2) is 0 Å². The van der Waals surface area contributed by atoms with Crippen LogP contribution in [0.4, 0.5) is 14.0 Å². The maximum atomic E-state index is 15.8. The van der Waals surface area contributed by atoms with E-state index in [1.54, 1.807) is 121 Å². The van der Waals surface area contributed by atoms with Crippen molar-refractivity contribution in [3.63, 3.8) is 0 Å². The van der Waals surface area contributed by atoms with E-state index in [1.807, 2.05) is 0 Å². The van der Waals surface area contributed by atoms with Crippen molar-refractivity contribution in [3.05, 3.63) is 121 Å². The molecular formula is C25H22F4GeO2P2. The molecule has 1 heterocycles. The van der Waals surface area contributed by atoms with E-state index < -0.39 is 28.6 Å². The van der Waals surface area contributed by atoms with Crippen LogP contribution in [0.15, 0.2) is 121 Å². The molecule has 9 heteroatoms. The van der Waals surface area contributed by atoms with Crippen molar-refractivity contribution in [2.45, 2.75) is 0 Å². The van der Waals surface area contributed by atoms with Crippen molar-refractivity contribution < 1.29 is 21.1 Å². The molecule has 5 rings (SSSR count). The summed E-state index contributed by atoms with van der Waals surface area (Å²) >= 11 is -10.5. The number of benzene rings is 4. The predicted molar refractivity (Wildman–Crippen MR) is 135 cm³/mol. The van der Waals surface area contributed by atoms with Crippen LogP contribution in [0.2, 0.25) is 0 Å². The SMILES string of the molecule is [F][Ge-2]1([F])([F])([F])[O][P+](c2ccccc2)(c2ccccc2)C[P+](c2ccccc2)(c2ccccc2)[O]1. The molecule has 0 aromatic heterocycles. The van der Waals surface area contributed by atoms with Crippen LogP contribution in [0.25, 0.3) is 0 Å². The first-order valence-corrected chi connectivity index (χ1v) is 19.4. The molecule has 4 aromatic carbocycles. The Labute approximate surface area is 197 Å². The van der Waals surface area contributed by atoms with Crippen molar-refractivity contribution >= 4 is 49.8 Å². The first-order valence-electron chi connectivity index (χ1n) is 10.7. The summed E-state index contributed by atoms with van der Waals surface area (Å²) < 4.78 is 73.0. The van der Waals surface area contributed by atoms with E-state index in [0.717, 1.165) is 0 Å². The van der Waals surface area contributed by atoms with Crippen molar-refractivity contribution in [1.82, 2.24) is 0 Å². The minimum absolute atomic E-state index is 0.104. The van der Waals surface area contributed by atoms with Gasteiger partial charge in [-0.05, 0) is 0 Å². The van der Waals surface area contributed by atoms with Crippen LogP contribution in [0.3, 0.4) is 0 Å². The number of rotatable bonds is 4. The third-order valence-corrected chi connectivity index (χ3v) is 23.1. The number of hydrogen-bond acceptors (Lipinski definition) is 2. The van der Waals surface area contributed by atoms with Crippen LogP contribution in [0.5, 0.6) is 0 Å². The van der Waals surface area contributed by atoms with E-state index in [9.17, 15) is 0 Å². The zero-order chi connectivity index (χ0) is 24.0. The zero-order valence-corrected chi connectivity index (χ0v) is 21.9. The summed E-state index contributed by atoms with van der Waals surface area (Å²) in [6.07, 6.45) is 0. The molecule has 1 fully saturated rings. The number of halogens is 4. The Morgan fingerprint density at radius 2 is 0.676 bits per heavy atom. The molecule has 0 N–H and O–H groups in total. The summed E-state index contributed by atoms with van der Waals surface area (Å²) in [6, 6.07) is 32.9. The summed E-state index contributed by atoms with van der Waals surface area (Å²) in [6.45, 7) is 0. The molecule has 4 aromatic rings. The van der Waals surface area contributed by atoms with Gasteiger partial charge in [0.1, 0.15) is 0 Å². The monoisotopic (exact) mass is 566 g/mol. The summed E-state index contributed by atoms with van der Waals surface area (Å²) in [5.74, 6) is -0.104. The molecule has 0 aliphatic carbocycles. The zero-order valence-electron chi connectivity index (χ0n) is 18.0. The quantitative estimate of drug-likeness (QED) is 0.163. The molecule has 34 heavy (non-hydrogen) atoms. The Morgan fingerprint density at radius 1 is 0.441 bits per heavy atom. The average Bonchev–Trinajstić information content (AvgIpc) is 2.84. The standard InChI is InChI=1S/C25H22F4GeO2P2/c26-30(27,28,29)31-33(22-13-5-1-6-14-22,23-15-7-2-8-16-23)21-34(32-30,24-17-9-3-10-18-24)25-19-11-4-12-20-25/h1-20H,21H2. The Morgan fingerprint density at radius 3 is 0.912 bits per heavy atom. The molecule has 176 valence electrons. The van der Waals surface area contributed by atoms with Gasteiger partial charge >= 0.3 is 198 Å². The van der Waals surface area contributed by atoms with E-state index in [4.69, 9.17) is 7.10 Å². The van der Waals surface area contributed by atoms with Gasteiger partial charge in [0, 0.05) is 0 Å². The average molecular weight is 565 g/mol. The Balaban J connectivity index is 1.90. The van der Waals surface area contributed by atoms with Crippen LogP contribution in [0, 0.1) is 0 Å². The summed E-state index contributed by atoms with van der Waals surface area (Å²) in [7, 11) is -7.58. The topological polar surface area (TPSA) is 18.5 Å². The van der Waals surface area contributed by atoms with E-state index in [2.05, 4.69) is 0 Å². The van der Waals surface area contributed by atoms with Gasteiger partial charge < -0.3 is 0 Å². The molecule has 0 spiro atoms. The molecular weight excluding hydrogens is 543 g/mol. The van der Waals surface area contributed by atoms with E-state index in [-0.39, 0.29) is 5.90 Å². The van der Waals surface area contributed by atoms with Crippen molar-refractivity contribution in [2.75, 3.05) is 5.90 Å². The molecule has 0 amide bonds. The van der Waals surface area contributed by atoms with Gasteiger partial charge in [-0.15, -0.1) is 0 Å². The van der Waals surface area contributed by atoms with Gasteiger partial charge in [0.25, 0.3) is 0 Å². The normalized spacial score (nSPS) is 23.4. The van der Waals surface area contributed by atoms with Crippen LogP contribution >= 0.6 is 15.0 Å². The van der Waals surface area contributed by atoms with Crippen LogP contribution < -0.4 is 21.2 Å². The minimum atomic E-state index is -10.5. The van der Waals surface area contributed by atoms with E-state index in [1.165, 1.54) is 0 Å². The first-order chi connectivity index (χ1) is 16.0. The second kappa shape index (κ2) is 7.71. The fourth-order valence-corrected chi connectivity index (χ4v) is 27.7. The molecule has 0 unspecified atom stereocenters. The fourth-order valence-electron chi connectivity index (χ4n) is 4.46. The molecule has 0 saturated carbocycles. The molecule has 1 aliphatic rings. The number of hydrogen-bond donors (Lipinski definition) is 0. The molecule has 0 bridgehead atoms. The van der Waals surface area contributed by atoms with Crippen LogP contribution in [-0.4, -0.2) is 19.5 Å². The van der Waals surface area contributed by atoms with Gasteiger partial charge in [0.2, 0.25) is 0 Å². The van der Waals surface area contributed by atoms with Crippen LogP contribution in [0.1, 0.15) is 0 Å². The fraction of sp³-hybridized carbons (Fsp3) is 0.0400. The Bertz CT molecular complexity index is 1130. The van der Waals surface area contributed by atoms with Gasteiger partial charge in [-0.2, -0.15) is 0 Å². The van der Waals surface area contributed by atoms with Gasteiger partial charge in [-0.3, -0.25) is 0 Å². The second-order valence-electron chi connectivity index (χ2n) is 8.27. The van der Waals surface area contributed by atoms with Crippen molar-refractivity contribution in [3.8, 4) is 0 Å². The summed E-state index contributed by atoms with van der Waals surface area (Å²) in [4.78, 5) is 0. The molecule has 2 nitrogen and oxygen atoms in total. The third kappa shape index (κ3) is 4.34. The first kappa shape index (κ1) is 23.7. The van der Waals surface area contributed by atoms with Crippen molar-refractivity contribution in [2.24, 2.45) is 0 Å². The second-order valence-corrected chi connectivity index (χ2v) is 21.8. The molecule has 1 aliphatic heterocycles. The van der Waals surface area contributed by atoms with Gasteiger partial charge in [-0.1, -0.05) is 0 Å². The Hall–Kier alpha value is -2.08. The molecule has 0 atom stereocenters. The summed E-state index contributed by atoms with van der Waals surface area (Å²) in [5.41, 5.74) is 0. The predicted octanol–water partition coefficient (Wildman–Crippen LogP) is 6.37. The van der Waals surface area contributed by atoms with Crippen molar-refractivity contribution in [1.29, 1.82) is 0 Å². The van der Waals surface area contributed by atoms with Crippen LogP contribution in [-0.2, 0) is 7.10 Å². The molecule has 1 saturated heterocycles. The van der Waals surface area contributed by atoms with E-state index >= 15 is 14.0 Å². The Kier molecular flexibility index (Phi) is 5.36. The van der Waals surface area contributed by atoms with E-state index in [0.29, 0.717) is 21.2 Å². The maximum absolute atomic E-state index is 15.8. The molecule has 0 radical (unpaired) electrons. The van der Waals surface area contributed by atoms with Gasteiger partial charge in [0.15, 0.2) is 0 Å². The van der Waals surface area contributed by atoms with Gasteiger partial charge in [0.05, 0.1) is 0 Å².